The molecule has 0 unspecified atom stereocenters. The number of hydrogen-bond donors (Lipinski definition) is 1. The van der Waals surface area contributed by atoms with Gasteiger partial charge in [-0.05, 0) is 31.9 Å². The number of aliphatic hydroxyl groups excluding tert-OH is 1. The molecule has 0 amide bonds. The van der Waals surface area contributed by atoms with E-state index < -0.39 is 0 Å². The van der Waals surface area contributed by atoms with Gasteiger partial charge in [0.15, 0.2) is 0 Å². The molecule has 0 aliphatic carbocycles. The van der Waals surface area contributed by atoms with E-state index in [1.165, 1.54) is 5.56 Å². The van der Waals surface area contributed by atoms with Gasteiger partial charge in [-0.25, -0.2) is 0 Å². The summed E-state index contributed by atoms with van der Waals surface area (Å²) in [7, 11) is 0. The Hall–Kier alpha value is -1.06. The van der Waals surface area contributed by atoms with E-state index in [4.69, 9.17) is 9.84 Å². The maximum absolute atomic E-state index is 8.87. The highest BCUT2D eigenvalue weighted by atomic mass is 16.5. The fourth-order valence-electron chi connectivity index (χ4n) is 2.20. The third kappa shape index (κ3) is 3.72. The highest BCUT2D eigenvalue weighted by Gasteiger charge is 2.19. The van der Waals surface area contributed by atoms with E-state index in [2.05, 4.69) is 24.0 Å². The van der Waals surface area contributed by atoms with Gasteiger partial charge in [0.25, 0.3) is 0 Å². The van der Waals surface area contributed by atoms with Crippen LogP contribution in [0.1, 0.15) is 18.4 Å². The summed E-state index contributed by atoms with van der Waals surface area (Å²) in [6.45, 7) is 5.17. The molecule has 1 aromatic rings. The monoisotopic (exact) mass is 235 g/mol. The minimum absolute atomic E-state index is 0.253. The van der Waals surface area contributed by atoms with E-state index in [0.717, 1.165) is 38.2 Å². The lowest BCUT2D eigenvalue weighted by molar-refractivity contribution is 0.0889. The second kappa shape index (κ2) is 6.03. The quantitative estimate of drug-likeness (QED) is 0.864. The molecule has 0 saturated carbocycles. The molecule has 1 N–H and O–H groups in total. The van der Waals surface area contributed by atoms with Crippen LogP contribution in [-0.2, 0) is 0 Å². The van der Waals surface area contributed by atoms with Crippen molar-refractivity contribution < 1.29 is 9.84 Å². The van der Waals surface area contributed by atoms with Crippen molar-refractivity contribution in [3.8, 4) is 5.75 Å². The van der Waals surface area contributed by atoms with E-state index in [-0.39, 0.29) is 6.61 Å². The van der Waals surface area contributed by atoms with E-state index >= 15 is 0 Å². The Morgan fingerprint density at radius 1 is 1.24 bits per heavy atom. The first-order valence-corrected chi connectivity index (χ1v) is 6.34. The first-order valence-electron chi connectivity index (χ1n) is 6.34. The average Bonchev–Trinajstić information content (AvgIpc) is 2.35. The fraction of sp³-hybridized carbons (Fsp3) is 0.571. The van der Waals surface area contributed by atoms with Gasteiger partial charge in [-0.3, -0.25) is 0 Å². The summed E-state index contributed by atoms with van der Waals surface area (Å²) >= 11 is 0. The van der Waals surface area contributed by atoms with Crippen LogP contribution < -0.4 is 4.74 Å². The molecule has 0 bridgehead atoms. The van der Waals surface area contributed by atoms with Gasteiger partial charge in [0, 0.05) is 19.6 Å². The molecular weight excluding hydrogens is 214 g/mol. The summed E-state index contributed by atoms with van der Waals surface area (Å²) in [5, 5.41) is 8.87. The van der Waals surface area contributed by atoms with Crippen molar-refractivity contribution in [2.75, 3.05) is 26.2 Å². The Kier molecular flexibility index (Phi) is 4.40. The lowest BCUT2D eigenvalue weighted by Gasteiger charge is -2.31. The third-order valence-electron chi connectivity index (χ3n) is 3.27. The van der Waals surface area contributed by atoms with E-state index in [0.29, 0.717) is 6.10 Å². The molecule has 1 aromatic carbocycles. The molecule has 1 heterocycles. The molecule has 3 heteroatoms. The number of rotatable bonds is 4. The Balaban J connectivity index is 1.79. The summed E-state index contributed by atoms with van der Waals surface area (Å²) < 4.78 is 5.95. The molecule has 2 rings (SSSR count). The van der Waals surface area contributed by atoms with Crippen LogP contribution in [0.3, 0.4) is 0 Å². The van der Waals surface area contributed by atoms with Crippen molar-refractivity contribution in [3.63, 3.8) is 0 Å². The fourth-order valence-corrected chi connectivity index (χ4v) is 2.20. The van der Waals surface area contributed by atoms with Crippen LogP contribution in [0.25, 0.3) is 0 Å². The summed E-state index contributed by atoms with van der Waals surface area (Å²) in [5.41, 5.74) is 1.26. The Morgan fingerprint density at radius 2 is 1.88 bits per heavy atom. The maximum atomic E-state index is 8.87. The topological polar surface area (TPSA) is 32.7 Å². The van der Waals surface area contributed by atoms with Crippen molar-refractivity contribution in [1.29, 1.82) is 0 Å². The van der Waals surface area contributed by atoms with E-state index in [9.17, 15) is 0 Å². The predicted octanol–water partition coefficient (Wildman–Crippen LogP) is 1.83. The van der Waals surface area contributed by atoms with E-state index in [1.807, 2.05) is 12.1 Å². The number of nitrogens with zero attached hydrogens (tertiary/aromatic N) is 1. The van der Waals surface area contributed by atoms with Crippen LogP contribution in [0.4, 0.5) is 0 Å². The van der Waals surface area contributed by atoms with Gasteiger partial charge in [-0.2, -0.15) is 0 Å². The number of likely N-dealkylation sites (tertiary alicyclic amines) is 1. The van der Waals surface area contributed by atoms with Crippen molar-refractivity contribution in [2.24, 2.45) is 0 Å². The first-order chi connectivity index (χ1) is 8.28. The average molecular weight is 235 g/mol. The van der Waals surface area contributed by atoms with Crippen molar-refractivity contribution >= 4 is 0 Å². The minimum Gasteiger partial charge on any atom is -0.490 e. The second-order valence-corrected chi connectivity index (χ2v) is 4.70. The molecule has 0 radical (unpaired) electrons. The molecule has 3 nitrogen and oxygen atoms in total. The number of hydrogen-bond acceptors (Lipinski definition) is 3. The zero-order valence-electron chi connectivity index (χ0n) is 10.4. The Bertz CT molecular complexity index is 329. The normalized spacial score (nSPS) is 18.2. The zero-order chi connectivity index (χ0) is 12.1. The van der Waals surface area contributed by atoms with Crippen LogP contribution in [-0.4, -0.2) is 42.4 Å². The first kappa shape index (κ1) is 12.4. The van der Waals surface area contributed by atoms with Crippen molar-refractivity contribution in [2.45, 2.75) is 25.9 Å². The van der Waals surface area contributed by atoms with Crippen LogP contribution in [0.5, 0.6) is 5.75 Å². The van der Waals surface area contributed by atoms with Crippen LogP contribution in [0.2, 0.25) is 0 Å². The molecule has 94 valence electrons. The second-order valence-electron chi connectivity index (χ2n) is 4.70. The van der Waals surface area contributed by atoms with Gasteiger partial charge in [0.1, 0.15) is 11.9 Å². The van der Waals surface area contributed by atoms with Gasteiger partial charge in [0.2, 0.25) is 0 Å². The van der Waals surface area contributed by atoms with Crippen LogP contribution >= 0.6 is 0 Å². The number of ether oxygens (including phenoxy) is 1. The number of aryl methyl sites for hydroxylation is 1. The highest BCUT2D eigenvalue weighted by Crippen LogP contribution is 2.19. The standard InChI is InChI=1S/C14H21NO2/c1-12-2-4-13(5-3-12)17-14-6-8-15(9-7-14)10-11-16/h2-5,14,16H,6-11H2,1H3. The van der Waals surface area contributed by atoms with Gasteiger partial charge in [-0.1, -0.05) is 17.7 Å². The summed E-state index contributed by atoms with van der Waals surface area (Å²) in [6.07, 6.45) is 2.43. The highest BCUT2D eigenvalue weighted by molar-refractivity contribution is 5.26. The van der Waals surface area contributed by atoms with Gasteiger partial charge >= 0.3 is 0 Å². The molecular formula is C14H21NO2. The van der Waals surface area contributed by atoms with Gasteiger partial charge in [-0.15, -0.1) is 0 Å². The number of aliphatic hydroxyl groups is 1. The molecule has 0 atom stereocenters. The van der Waals surface area contributed by atoms with Gasteiger partial charge < -0.3 is 14.7 Å². The lowest BCUT2D eigenvalue weighted by Crippen LogP contribution is -2.39. The molecule has 0 aromatic heterocycles. The summed E-state index contributed by atoms with van der Waals surface area (Å²) in [6, 6.07) is 8.23. The minimum atomic E-state index is 0.253. The summed E-state index contributed by atoms with van der Waals surface area (Å²) in [5.74, 6) is 0.969. The lowest BCUT2D eigenvalue weighted by atomic mass is 10.1. The predicted molar refractivity (Wildman–Crippen MR) is 68.4 cm³/mol. The third-order valence-corrected chi connectivity index (χ3v) is 3.27. The molecule has 0 spiro atoms. The van der Waals surface area contributed by atoms with Crippen LogP contribution in [0.15, 0.2) is 24.3 Å². The molecule has 1 saturated heterocycles. The molecule has 1 fully saturated rings. The van der Waals surface area contributed by atoms with Crippen LogP contribution in [0, 0.1) is 6.92 Å². The SMILES string of the molecule is Cc1ccc(OC2CCN(CCO)CC2)cc1. The Labute approximate surface area is 103 Å². The van der Waals surface area contributed by atoms with E-state index in [1.54, 1.807) is 0 Å². The smallest absolute Gasteiger partial charge is 0.119 e. The summed E-state index contributed by atoms with van der Waals surface area (Å²) in [4.78, 5) is 2.29. The number of piperidine rings is 1. The Morgan fingerprint density at radius 3 is 2.47 bits per heavy atom. The number of β-amino-alcohol motifs (C(OH)–C–C–N with tert-alkyl or cyclic N) is 1. The van der Waals surface area contributed by atoms with Gasteiger partial charge in [0.05, 0.1) is 6.61 Å². The van der Waals surface area contributed by atoms with Crippen molar-refractivity contribution in [1.82, 2.24) is 4.90 Å². The molecule has 1 aliphatic heterocycles. The molecule has 1 aliphatic rings. The largest absolute Gasteiger partial charge is 0.490 e. The number of benzene rings is 1. The van der Waals surface area contributed by atoms with Crippen molar-refractivity contribution in [3.05, 3.63) is 29.8 Å². The molecule has 17 heavy (non-hydrogen) atoms. The zero-order valence-corrected chi connectivity index (χ0v) is 10.4. The maximum Gasteiger partial charge on any atom is 0.119 e.